The van der Waals surface area contributed by atoms with Gasteiger partial charge in [-0.25, -0.2) is 0 Å². The minimum atomic E-state index is 0. The van der Waals surface area contributed by atoms with Crippen molar-refractivity contribution in [3.05, 3.63) is 40.5 Å². The smallest absolute Gasteiger partial charge is 0.0758 e. The van der Waals surface area contributed by atoms with Crippen LogP contribution in [0.3, 0.4) is 0 Å². The molecule has 1 spiro atoms. The molecule has 23 heavy (non-hydrogen) atoms. The van der Waals surface area contributed by atoms with E-state index in [1.807, 2.05) is 12.3 Å². The third kappa shape index (κ3) is 3.41. The zero-order chi connectivity index (χ0) is 15.0. The van der Waals surface area contributed by atoms with Crippen LogP contribution in [0.4, 0.5) is 0 Å². The summed E-state index contributed by atoms with van der Waals surface area (Å²) in [5.74, 6) is 0. The van der Waals surface area contributed by atoms with Crippen LogP contribution in [0.5, 0.6) is 0 Å². The monoisotopic (exact) mass is 395 g/mol. The molecule has 1 aromatic carbocycles. The molecule has 124 valence electrons. The summed E-state index contributed by atoms with van der Waals surface area (Å²) in [5.41, 5.74) is 3.07. The molecule has 0 bridgehead atoms. The Kier molecular flexibility index (Phi) is 5.26. The number of fused-ring (bicyclic) bond motifs is 1. The van der Waals surface area contributed by atoms with Crippen molar-refractivity contribution in [3.8, 4) is 0 Å². The molecule has 3 nitrogen and oxygen atoms in total. The van der Waals surface area contributed by atoms with E-state index in [1.165, 1.54) is 56.4 Å². The summed E-state index contributed by atoms with van der Waals surface area (Å²) in [5, 5.41) is 4.72. The third-order valence-electron chi connectivity index (χ3n) is 5.38. The Bertz CT molecular complexity index is 685. The second-order valence-corrected chi connectivity index (χ2v) is 7.67. The molecule has 0 unspecified atom stereocenters. The Morgan fingerprint density at radius 2 is 2.00 bits per heavy atom. The molecule has 0 radical (unpaired) electrons. The van der Waals surface area contributed by atoms with Gasteiger partial charge in [0.05, 0.1) is 5.52 Å². The molecule has 0 atom stereocenters. The van der Waals surface area contributed by atoms with Crippen molar-refractivity contribution in [2.45, 2.75) is 25.8 Å². The number of likely N-dealkylation sites (tertiary alicyclic amines) is 1. The van der Waals surface area contributed by atoms with Crippen molar-refractivity contribution in [2.24, 2.45) is 5.41 Å². The highest BCUT2D eigenvalue weighted by molar-refractivity contribution is 9.10. The lowest BCUT2D eigenvalue weighted by molar-refractivity contribution is 0.194. The Balaban J connectivity index is 0.00000156. The summed E-state index contributed by atoms with van der Waals surface area (Å²) >= 11 is 3.64. The highest BCUT2D eigenvalue weighted by atomic mass is 79.9. The van der Waals surface area contributed by atoms with Crippen LogP contribution in [0.25, 0.3) is 10.9 Å². The predicted octanol–water partition coefficient (Wildman–Crippen LogP) is 3.99. The van der Waals surface area contributed by atoms with Crippen molar-refractivity contribution in [2.75, 3.05) is 26.2 Å². The molecular weight excluding hydrogens is 374 g/mol. The standard InChI is InChI=1S/C18H22BrN3.ClH/c19-16-4-3-14(17-15(16)2-1-8-21-17)12-22-11-7-18(13-22)5-9-20-10-6-18;/h1-4,8,20H,5-7,9-13H2;1H. The van der Waals surface area contributed by atoms with Gasteiger partial charge in [0.2, 0.25) is 0 Å². The van der Waals surface area contributed by atoms with Crippen LogP contribution in [-0.2, 0) is 6.54 Å². The van der Waals surface area contributed by atoms with Gasteiger partial charge < -0.3 is 5.32 Å². The van der Waals surface area contributed by atoms with Gasteiger partial charge in [-0.15, -0.1) is 12.4 Å². The van der Waals surface area contributed by atoms with E-state index < -0.39 is 0 Å². The molecular formula is C18H23BrClN3. The number of hydrogen-bond acceptors (Lipinski definition) is 3. The Hall–Kier alpha value is -0.680. The van der Waals surface area contributed by atoms with Gasteiger partial charge in [-0.3, -0.25) is 9.88 Å². The third-order valence-corrected chi connectivity index (χ3v) is 6.07. The van der Waals surface area contributed by atoms with Gasteiger partial charge in [0.25, 0.3) is 0 Å². The lowest BCUT2D eigenvalue weighted by atomic mass is 9.78. The van der Waals surface area contributed by atoms with E-state index in [0.29, 0.717) is 5.41 Å². The van der Waals surface area contributed by atoms with E-state index in [9.17, 15) is 0 Å². The van der Waals surface area contributed by atoms with Crippen LogP contribution in [0.15, 0.2) is 34.9 Å². The molecule has 2 aliphatic heterocycles. The molecule has 0 amide bonds. The number of piperidine rings is 1. The zero-order valence-corrected chi connectivity index (χ0v) is 15.6. The van der Waals surface area contributed by atoms with E-state index in [2.05, 4.69) is 49.3 Å². The van der Waals surface area contributed by atoms with E-state index in [-0.39, 0.29) is 12.4 Å². The lowest BCUT2D eigenvalue weighted by Gasteiger charge is -2.34. The van der Waals surface area contributed by atoms with Crippen LogP contribution < -0.4 is 5.32 Å². The van der Waals surface area contributed by atoms with Crippen LogP contribution in [0.1, 0.15) is 24.8 Å². The fourth-order valence-corrected chi connectivity index (χ4v) is 4.54. The van der Waals surface area contributed by atoms with Gasteiger partial charge in [0, 0.05) is 29.1 Å². The molecule has 2 saturated heterocycles. The molecule has 3 heterocycles. The molecule has 1 N–H and O–H groups in total. The quantitative estimate of drug-likeness (QED) is 0.832. The van der Waals surface area contributed by atoms with E-state index in [1.54, 1.807) is 0 Å². The Labute approximate surface area is 152 Å². The van der Waals surface area contributed by atoms with Crippen molar-refractivity contribution in [1.82, 2.24) is 15.2 Å². The fourth-order valence-electron chi connectivity index (χ4n) is 4.09. The maximum atomic E-state index is 4.62. The number of halogens is 2. The van der Waals surface area contributed by atoms with Gasteiger partial charge in [-0.2, -0.15) is 0 Å². The van der Waals surface area contributed by atoms with Crippen LogP contribution in [-0.4, -0.2) is 36.1 Å². The maximum Gasteiger partial charge on any atom is 0.0758 e. The van der Waals surface area contributed by atoms with Crippen molar-refractivity contribution < 1.29 is 0 Å². The first kappa shape index (κ1) is 17.2. The largest absolute Gasteiger partial charge is 0.317 e. The first-order chi connectivity index (χ1) is 10.8. The minimum Gasteiger partial charge on any atom is -0.317 e. The molecule has 1 aromatic heterocycles. The Morgan fingerprint density at radius 1 is 1.17 bits per heavy atom. The molecule has 2 aliphatic rings. The number of benzene rings is 1. The number of hydrogen-bond donors (Lipinski definition) is 1. The fraction of sp³-hybridized carbons (Fsp3) is 0.500. The predicted molar refractivity (Wildman–Crippen MR) is 101 cm³/mol. The van der Waals surface area contributed by atoms with Gasteiger partial charge in [-0.05, 0) is 62.0 Å². The molecule has 0 saturated carbocycles. The summed E-state index contributed by atoms with van der Waals surface area (Å²) < 4.78 is 1.13. The second-order valence-electron chi connectivity index (χ2n) is 6.82. The van der Waals surface area contributed by atoms with Gasteiger partial charge in [0.15, 0.2) is 0 Å². The average molecular weight is 397 g/mol. The van der Waals surface area contributed by atoms with Gasteiger partial charge in [0.1, 0.15) is 0 Å². The minimum absolute atomic E-state index is 0. The summed E-state index contributed by atoms with van der Waals surface area (Å²) in [7, 11) is 0. The number of aromatic nitrogens is 1. The summed E-state index contributed by atoms with van der Waals surface area (Å²) in [6, 6.07) is 8.55. The van der Waals surface area contributed by atoms with Crippen molar-refractivity contribution in [1.29, 1.82) is 0 Å². The molecule has 2 aromatic rings. The number of rotatable bonds is 2. The van der Waals surface area contributed by atoms with E-state index >= 15 is 0 Å². The number of nitrogens with one attached hydrogen (secondary N) is 1. The molecule has 2 fully saturated rings. The maximum absolute atomic E-state index is 4.62. The normalized spacial score (nSPS) is 20.7. The van der Waals surface area contributed by atoms with Crippen molar-refractivity contribution >= 4 is 39.2 Å². The van der Waals surface area contributed by atoms with Crippen molar-refractivity contribution in [3.63, 3.8) is 0 Å². The lowest BCUT2D eigenvalue weighted by Crippen LogP contribution is -2.38. The number of nitrogens with zero attached hydrogens (tertiary/aromatic N) is 2. The molecule has 5 heteroatoms. The van der Waals surface area contributed by atoms with Gasteiger partial charge in [-0.1, -0.05) is 28.1 Å². The summed E-state index contributed by atoms with van der Waals surface area (Å²) in [6.07, 6.45) is 5.93. The van der Waals surface area contributed by atoms with E-state index in [0.717, 1.165) is 16.5 Å². The van der Waals surface area contributed by atoms with Crippen LogP contribution >= 0.6 is 28.3 Å². The summed E-state index contributed by atoms with van der Waals surface area (Å²) in [4.78, 5) is 7.25. The Morgan fingerprint density at radius 3 is 2.83 bits per heavy atom. The molecule has 4 rings (SSSR count). The van der Waals surface area contributed by atoms with E-state index in [4.69, 9.17) is 0 Å². The average Bonchev–Trinajstić information content (AvgIpc) is 2.93. The highest BCUT2D eigenvalue weighted by Crippen LogP contribution is 2.39. The summed E-state index contributed by atoms with van der Waals surface area (Å²) in [6.45, 7) is 5.88. The first-order valence-corrected chi connectivity index (χ1v) is 9.00. The number of pyridine rings is 1. The van der Waals surface area contributed by atoms with Gasteiger partial charge >= 0.3 is 0 Å². The molecule has 0 aliphatic carbocycles. The zero-order valence-electron chi connectivity index (χ0n) is 13.2. The highest BCUT2D eigenvalue weighted by Gasteiger charge is 2.38. The first-order valence-electron chi connectivity index (χ1n) is 8.21. The second kappa shape index (κ2) is 7.06. The van der Waals surface area contributed by atoms with Crippen LogP contribution in [0, 0.1) is 5.41 Å². The topological polar surface area (TPSA) is 28.2 Å². The van der Waals surface area contributed by atoms with Crippen LogP contribution in [0.2, 0.25) is 0 Å². The SMILES string of the molecule is Brc1ccc(CN2CCC3(CCNCC3)C2)c2ncccc12.Cl.